The molecule has 2 aromatic heterocycles. The summed E-state index contributed by atoms with van der Waals surface area (Å²) in [5.74, 6) is 1.36. The van der Waals surface area contributed by atoms with E-state index in [1.54, 1.807) is 18.3 Å². The first-order chi connectivity index (χ1) is 20.6. The molecule has 0 bridgehead atoms. The number of carbonyl (C=O) groups is 1. The number of nitrogens with zero attached hydrogens (tertiary/aromatic N) is 3. The molecule has 9 heteroatoms. The number of aromatic nitrogens is 3. The number of pyridine rings is 1. The number of carbonyl (C=O) groups excluding carboxylic acids is 1. The van der Waals surface area contributed by atoms with Gasteiger partial charge in [0.2, 0.25) is 0 Å². The quantitative estimate of drug-likeness (QED) is 0.181. The number of rotatable bonds is 9. The van der Waals surface area contributed by atoms with Crippen LogP contribution in [0.5, 0.6) is 5.75 Å². The minimum atomic E-state index is -0.152. The fraction of sp³-hybridized carbons (Fsp3) is 0.182. The molecule has 3 aromatic carbocycles. The summed E-state index contributed by atoms with van der Waals surface area (Å²) in [5.41, 5.74) is 5.79. The molecular formula is C33H30BrN5O3. The Hall–Kier alpha value is -4.31. The first kappa shape index (κ1) is 27.8. The van der Waals surface area contributed by atoms with E-state index in [4.69, 9.17) is 14.5 Å². The number of ether oxygens (including phenoxy) is 2. The maximum absolute atomic E-state index is 12.6. The summed E-state index contributed by atoms with van der Waals surface area (Å²) in [5, 5.41) is 2.95. The molecule has 6 rings (SSSR count). The monoisotopic (exact) mass is 623 g/mol. The Bertz CT molecular complexity index is 1650. The Morgan fingerprint density at radius 2 is 1.74 bits per heavy atom. The highest BCUT2D eigenvalue weighted by molar-refractivity contribution is 9.10. The van der Waals surface area contributed by atoms with Gasteiger partial charge in [-0.05, 0) is 76.6 Å². The number of anilines is 1. The largest absolute Gasteiger partial charge is 0.492 e. The van der Waals surface area contributed by atoms with Gasteiger partial charge in [0.25, 0.3) is 5.91 Å². The number of nitrogens with one attached hydrogen (secondary N) is 2. The number of benzene rings is 3. The van der Waals surface area contributed by atoms with Crippen LogP contribution in [0.15, 0.2) is 102 Å². The van der Waals surface area contributed by atoms with E-state index in [0.717, 1.165) is 71.3 Å². The molecule has 0 spiro atoms. The zero-order valence-electron chi connectivity index (χ0n) is 22.9. The van der Waals surface area contributed by atoms with Gasteiger partial charge in [-0.2, -0.15) is 0 Å². The summed E-state index contributed by atoms with van der Waals surface area (Å²) in [7, 11) is 0. The van der Waals surface area contributed by atoms with Crippen molar-refractivity contribution >= 4 is 27.5 Å². The van der Waals surface area contributed by atoms with Crippen molar-refractivity contribution in [3.05, 3.63) is 107 Å². The van der Waals surface area contributed by atoms with Gasteiger partial charge in [-0.15, -0.1) is 0 Å². The normalized spacial score (nSPS) is 13.5. The van der Waals surface area contributed by atoms with Crippen molar-refractivity contribution in [2.45, 2.75) is 0 Å². The lowest BCUT2D eigenvalue weighted by molar-refractivity contribution is 0.0322. The van der Waals surface area contributed by atoms with E-state index >= 15 is 0 Å². The molecule has 1 aliphatic rings. The van der Waals surface area contributed by atoms with E-state index in [1.807, 2.05) is 78.9 Å². The molecule has 2 N–H and O–H groups in total. The lowest BCUT2D eigenvalue weighted by Crippen LogP contribution is -2.38. The lowest BCUT2D eigenvalue weighted by atomic mass is 10.1. The molecule has 8 nitrogen and oxygen atoms in total. The molecule has 1 aliphatic heterocycles. The van der Waals surface area contributed by atoms with Crippen LogP contribution in [0.4, 0.5) is 5.69 Å². The first-order valence-electron chi connectivity index (χ1n) is 13.8. The van der Waals surface area contributed by atoms with E-state index < -0.39 is 0 Å². The van der Waals surface area contributed by atoms with E-state index in [2.05, 4.69) is 36.1 Å². The number of morpholine rings is 1. The molecule has 1 fully saturated rings. The van der Waals surface area contributed by atoms with Gasteiger partial charge >= 0.3 is 0 Å². The van der Waals surface area contributed by atoms with Gasteiger partial charge in [0, 0.05) is 53.8 Å². The third-order valence-electron chi connectivity index (χ3n) is 7.06. The summed E-state index contributed by atoms with van der Waals surface area (Å²) in [6, 6.07) is 28.8. The smallest absolute Gasteiger partial charge is 0.255 e. The third-order valence-corrected chi connectivity index (χ3v) is 7.49. The van der Waals surface area contributed by atoms with Crippen LogP contribution in [-0.2, 0) is 4.74 Å². The number of amides is 1. The SMILES string of the molecule is O=C(Nc1ccc(-c2nc(-c3cccc(OCCN4CCOCC4)c3)c(-c3ccnc(Br)c3)[nH]2)cc1)c1ccccc1. The summed E-state index contributed by atoms with van der Waals surface area (Å²) in [6.45, 7) is 4.88. The highest BCUT2D eigenvalue weighted by atomic mass is 79.9. The number of hydrogen-bond acceptors (Lipinski definition) is 6. The van der Waals surface area contributed by atoms with Gasteiger partial charge < -0.3 is 19.8 Å². The molecule has 0 atom stereocenters. The molecule has 0 aliphatic carbocycles. The highest BCUT2D eigenvalue weighted by Gasteiger charge is 2.17. The van der Waals surface area contributed by atoms with Gasteiger partial charge in [-0.3, -0.25) is 9.69 Å². The van der Waals surface area contributed by atoms with Crippen molar-refractivity contribution in [1.29, 1.82) is 0 Å². The molecule has 1 amide bonds. The standard InChI is InChI=1S/C33H30BrN5O3/c34-29-22-26(13-14-35-29)31-30(25-7-4-8-28(21-25)42-20-17-39-15-18-41-19-16-39)37-32(38-31)23-9-11-27(12-10-23)36-33(40)24-5-2-1-3-6-24/h1-14,21-22H,15-20H2,(H,36,40)(H,37,38). The van der Waals surface area contributed by atoms with E-state index in [1.165, 1.54) is 0 Å². The van der Waals surface area contributed by atoms with E-state index in [0.29, 0.717) is 23.7 Å². The fourth-order valence-electron chi connectivity index (χ4n) is 4.84. The molecule has 0 saturated carbocycles. The Kier molecular flexibility index (Phi) is 8.69. The van der Waals surface area contributed by atoms with Crippen molar-refractivity contribution in [3.63, 3.8) is 0 Å². The van der Waals surface area contributed by atoms with Crippen LogP contribution in [0.3, 0.4) is 0 Å². The van der Waals surface area contributed by atoms with Crippen molar-refractivity contribution in [2.24, 2.45) is 0 Å². The predicted octanol–water partition coefficient (Wildman–Crippen LogP) is 6.53. The van der Waals surface area contributed by atoms with Crippen LogP contribution in [0, 0.1) is 0 Å². The molecule has 3 heterocycles. The molecule has 212 valence electrons. The second kappa shape index (κ2) is 13.1. The second-order valence-electron chi connectivity index (χ2n) is 9.90. The lowest BCUT2D eigenvalue weighted by Gasteiger charge is -2.26. The first-order valence-corrected chi connectivity index (χ1v) is 14.6. The Labute approximate surface area is 252 Å². The number of hydrogen-bond donors (Lipinski definition) is 2. The molecule has 0 unspecified atom stereocenters. The van der Waals surface area contributed by atoms with Crippen LogP contribution in [0.25, 0.3) is 33.9 Å². The number of halogens is 1. The topological polar surface area (TPSA) is 92.4 Å². The third kappa shape index (κ3) is 6.76. The predicted molar refractivity (Wildman–Crippen MR) is 168 cm³/mol. The molecule has 1 saturated heterocycles. The van der Waals surface area contributed by atoms with Gasteiger partial charge in [0.1, 0.15) is 22.8 Å². The maximum atomic E-state index is 12.6. The summed E-state index contributed by atoms with van der Waals surface area (Å²) in [4.78, 5) is 27.8. The summed E-state index contributed by atoms with van der Waals surface area (Å²) >= 11 is 3.50. The Morgan fingerprint density at radius 3 is 2.52 bits per heavy atom. The average molecular weight is 625 g/mol. The summed E-state index contributed by atoms with van der Waals surface area (Å²) in [6.07, 6.45) is 1.76. The van der Waals surface area contributed by atoms with Gasteiger partial charge in [-0.1, -0.05) is 30.3 Å². The van der Waals surface area contributed by atoms with Crippen LogP contribution < -0.4 is 10.1 Å². The second-order valence-corrected chi connectivity index (χ2v) is 10.7. The number of imidazole rings is 1. The zero-order valence-corrected chi connectivity index (χ0v) is 24.5. The van der Waals surface area contributed by atoms with Crippen LogP contribution in [0.1, 0.15) is 10.4 Å². The van der Waals surface area contributed by atoms with Crippen molar-refractivity contribution in [1.82, 2.24) is 19.9 Å². The highest BCUT2D eigenvalue weighted by Crippen LogP contribution is 2.35. The Balaban J connectivity index is 1.25. The van der Waals surface area contributed by atoms with Crippen LogP contribution >= 0.6 is 15.9 Å². The number of aromatic amines is 1. The number of H-pyrrole nitrogens is 1. The van der Waals surface area contributed by atoms with Crippen LogP contribution in [-0.4, -0.2) is 65.2 Å². The van der Waals surface area contributed by atoms with Crippen LogP contribution in [0.2, 0.25) is 0 Å². The summed E-state index contributed by atoms with van der Waals surface area (Å²) < 4.78 is 12.3. The van der Waals surface area contributed by atoms with Crippen molar-refractivity contribution in [2.75, 3.05) is 44.8 Å². The van der Waals surface area contributed by atoms with Gasteiger partial charge in [0.05, 0.1) is 24.6 Å². The Morgan fingerprint density at radius 1 is 0.929 bits per heavy atom. The minimum Gasteiger partial charge on any atom is -0.492 e. The molecule has 0 radical (unpaired) electrons. The maximum Gasteiger partial charge on any atom is 0.255 e. The average Bonchev–Trinajstić information content (AvgIpc) is 3.48. The molecule has 42 heavy (non-hydrogen) atoms. The van der Waals surface area contributed by atoms with E-state index in [-0.39, 0.29) is 5.91 Å². The molecule has 5 aromatic rings. The van der Waals surface area contributed by atoms with Gasteiger partial charge in [0.15, 0.2) is 0 Å². The zero-order chi connectivity index (χ0) is 28.7. The van der Waals surface area contributed by atoms with Crippen molar-refractivity contribution in [3.8, 4) is 39.7 Å². The van der Waals surface area contributed by atoms with E-state index in [9.17, 15) is 4.79 Å². The molecular weight excluding hydrogens is 594 g/mol. The van der Waals surface area contributed by atoms with Gasteiger partial charge in [-0.25, -0.2) is 9.97 Å². The minimum absolute atomic E-state index is 0.152. The fourth-order valence-corrected chi connectivity index (χ4v) is 5.21. The van der Waals surface area contributed by atoms with Crippen molar-refractivity contribution < 1.29 is 14.3 Å².